The van der Waals surface area contributed by atoms with Gasteiger partial charge in [0, 0.05) is 15.8 Å². The average molecular weight is 337 g/mol. The summed E-state index contributed by atoms with van der Waals surface area (Å²) in [6.07, 6.45) is 2.49. The molecule has 2 aromatic rings. The second-order valence-electron chi connectivity index (χ2n) is 5.39. The van der Waals surface area contributed by atoms with Crippen molar-refractivity contribution in [1.29, 1.82) is 0 Å². The molecule has 20 heavy (non-hydrogen) atoms. The molecule has 1 aliphatic carbocycles. The van der Waals surface area contributed by atoms with E-state index in [9.17, 15) is 8.78 Å². The molecule has 0 heterocycles. The summed E-state index contributed by atoms with van der Waals surface area (Å²) in [5.74, 6) is -0.920. The van der Waals surface area contributed by atoms with E-state index in [-0.39, 0.29) is 15.8 Å². The zero-order chi connectivity index (χ0) is 14.2. The van der Waals surface area contributed by atoms with E-state index < -0.39 is 11.6 Å². The number of benzene rings is 2. The molecule has 1 aliphatic rings. The lowest BCUT2D eigenvalue weighted by Gasteiger charge is -2.23. The highest BCUT2D eigenvalue weighted by molar-refractivity contribution is 9.09. The molecule has 1 fully saturated rings. The summed E-state index contributed by atoms with van der Waals surface area (Å²) >= 11 is 3.67. The van der Waals surface area contributed by atoms with Gasteiger partial charge < -0.3 is 0 Å². The summed E-state index contributed by atoms with van der Waals surface area (Å²) in [5, 5.41) is 0. The molecule has 1 atom stereocenters. The van der Waals surface area contributed by atoms with E-state index in [0.717, 1.165) is 12.8 Å². The standard InChI is InChI=1S/C17H15BrF2/c18-16(11-13-14(19)7-4-8-15(13)20)17(9-10-17)12-5-2-1-3-6-12/h1-8,16H,9-11H2. The van der Waals surface area contributed by atoms with Crippen LogP contribution in [-0.2, 0) is 11.8 Å². The Hall–Kier alpha value is -1.22. The van der Waals surface area contributed by atoms with Crippen LogP contribution in [0.25, 0.3) is 0 Å². The Balaban J connectivity index is 1.85. The van der Waals surface area contributed by atoms with Gasteiger partial charge in [0.2, 0.25) is 0 Å². The van der Waals surface area contributed by atoms with E-state index in [0.29, 0.717) is 6.42 Å². The Morgan fingerprint density at radius 1 is 0.950 bits per heavy atom. The summed E-state index contributed by atoms with van der Waals surface area (Å²) in [4.78, 5) is 0.0452. The fourth-order valence-corrected chi connectivity index (χ4v) is 3.84. The molecule has 0 nitrogen and oxygen atoms in total. The van der Waals surface area contributed by atoms with E-state index in [1.807, 2.05) is 18.2 Å². The maximum atomic E-state index is 13.8. The zero-order valence-electron chi connectivity index (χ0n) is 11.0. The molecule has 3 heteroatoms. The molecule has 0 spiro atoms. The van der Waals surface area contributed by atoms with Crippen molar-refractivity contribution in [3.05, 3.63) is 71.3 Å². The van der Waals surface area contributed by atoms with E-state index in [2.05, 4.69) is 28.1 Å². The first-order valence-electron chi connectivity index (χ1n) is 6.76. The van der Waals surface area contributed by atoms with Crippen LogP contribution in [0, 0.1) is 11.6 Å². The van der Waals surface area contributed by atoms with Gasteiger partial charge in [-0.05, 0) is 37.0 Å². The molecule has 0 N–H and O–H groups in total. The summed E-state index contributed by atoms with van der Waals surface area (Å²) in [6.45, 7) is 0. The Morgan fingerprint density at radius 3 is 2.10 bits per heavy atom. The normalized spacial score (nSPS) is 17.8. The van der Waals surface area contributed by atoms with Crippen LogP contribution in [0.5, 0.6) is 0 Å². The molecule has 0 aromatic heterocycles. The summed E-state index contributed by atoms with van der Waals surface area (Å²) in [7, 11) is 0. The van der Waals surface area contributed by atoms with Crippen LogP contribution in [0.4, 0.5) is 8.78 Å². The lowest BCUT2D eigenvalue weighted by molar-refractivity contribution is 0.538. The first-order chi connectivity index (χ1) is 9.63. The van der Waals surface area contributed by atoms with Crippen LogP contribution < -0.4 is 0 Å². The fourth-order valence-electron chi connectivity index (χ4n) is 2.79. The highest BCUT2D eigenvalue weighted by Crippen LogP contribution is 2.54. The van der Waals surface area contributed by atoms with E-state index in [4.69, 9.17) is 0 Å². The third-order valence-corrected chi connectivity index (χ3v) is 5.38. The van der Waals surface area contributed by atoms with Crippen molar-refractivity contribution in [3.8, 4) is 0 Å². The van der Waals surface area contributed by atoms with Crippen LogP contribution in [0.2, 0.25) is 0 Å². The van der Waals surface area contributed by atoms with E-state index >= 15 is 0 Å². The molecular weight excluding hydrogens is 322 g/mol. The quantitative estimate of drug-likeness (QED) is 0.689. The average Bonchev–Trinajstić information content (AvgIpc) is 3.25. The van der Waals surface area contributed by atoms with Gasteiger partial charge in [-0.25, -0.2) is 8.78 Å². The number of halogens is 3. The van der Waals surface area contributed by atoms with Gasteiger partial charge in [-0.15, -0.1) is 0 Å². The summed E-state index contributed by atoms with van der Waals surface area (Å²) < 4.78 is 27.5. The molecule has 1 saturated carbocycles. The predicted molar refractivity (Wildman–Crippen MR) is 80.1 cm³/mol. The SMILES string of the molecule is Fc1cccc(F)c1CC(Br)C1(c2ccccc2)CC1. The van der Waals surface area contributed by atoms with Crippen LogP contribution in [0.15, 0.2) is 48.5 Å². The van der Waals surface area contributed by atoms with Crippen molar-refractivity contribution in [3.63, 3.8) is 0 Å². The highest BCUT2D eigenvalue weighted by atomic mass is 79.9. The molecule has 104 valence electrons. The van der Waals surface area contributed by atoms with Crippen molar-refractivity contribution < 1.29 is 8.78 Å². The molecule has 1 unspecified atom stereocenters. The van der Waals surface area contributed by atoms with Crippen molar-refractivity contribution in [2.45, 2.75) is 29.5 Å². The van der Waals surface area contributed by atoms with Crippen molar-refractivity contribution in [1.82, 2.24) is 0 Å². The highest BCUT2D eigenvalue weighted by Gasteiger charge is 2.49. The summed E-state index contributed by atoms with van der Waals surface area (Å²) in [5.41, 5.74) is 1.45. The van der Waals surface area contributed by atoms with Gasteiger partial charge in [0.25, 0.3) is 0 Å². The minimum atomic E-state index is -0.460. The molecule has 0 bridgehead atoms. The van der Waals surface area contributed by atoms with Gasteiger partial charge >= 0.3 is 0 Å². The zero-order valence-corrected chi connectivity index (χ0v) is 12.5. The number of hydrogen-bond donors (Lipinski definition) is 0. The first-order valence-corrected chi connectivity index (χ1v) is 7.67. The van der Waals surface area contributed by atoms with Crippen LogP contribution in [0.1, 0.15) is 24.0 Å². The molecule has 0 radical (unpaired) electrons. The molecule has 0 amide bonds. The lowest BCUT2D eigenvalue weighted by atomic mass is 9.89. The molecular formula is C17H15BrF2. The monoisotopic (exact) mass is 336 g/mol. The van der Waals surface area contributed by atoms with Gasteiger partial charge in [-0.2, -0.15) is 0 Å². The Labute approximate surface area is 126 Å². The molecule has 0 aliphatic heterocycles. The Kier molecular flexibility index (Phi) is 3.63. The second-order valence-corrected chi connectivity index (χ2v) is 6.50. The van der Waals surface area contributed by atoms with Crippen LogP contribution in [0.3, 0.4) is 0 Å². The Bertz CT molecular complexity index is 585. The van der Waals surface area contributed by atoms with E-state index in [1.54, 1.807) is 0 Å². The van der Waals surface area contributed by atoms with Crippen molar-refractivity contribution in [2.24, 2.45) is 0 Å². The van der Waals surface area contributed by atoms with Gasteiger partial charge in [0.15, 0.2) is 0 Å². The topological polar surface area (TPSA) is 0 Å². The van der Waals surface area contributed by atoms with Crippen molar-refractivity contribution in [2.75, 3.05) is 0 Å². The first kappa shape index (κ1) is 13.7. The molecule has 0 saturated heterocycles. The maximum absolute atomic E-state index is 13.8. The number of alkyl halides is 1. The van der Waals surface area contributed by atoms with Crippen molar-refractivity contribution >= 4 is 15.9 Å². The molecule has 3 rings (SSSR count). The maximum Gasteiger partial charge on any atom is 0.129 e. The third-order valence-electron chi connectivity index (χ3n) is 4.18. The lowest BCUT2D eigenvalue weighted by Crippen LogP contribution is -2.23. The molecule has 2 aromatic carbocycles. The van der Waals surface area contributed by atoms with Gasteiger partial charge in [-0.3, -0.25) is 0 Å². The largest absolute Gasteiger partial charge is 0.207 e. The van der Waals surface area contributed by atoms with Gasteiger partial charge in [0.1, 0.15) is 11.6 Å². The summed E-state index contributed by atoms with van der Waals surface area (Å²) in [6, 6.07) is 14.2. The second kappa shape index (κ2) is 5.28. The number of hydrogen-bond acceptors (Lipinski definition) is 0. The van der Waals surface area contributed by atoms with Gasteiger partial charge in [-0.1, -0.05) is 52.3 Å². The predicted octanol–water partition coefficient (Wildman–Crippen LogP) is 5.00. The van der Waals surface area contributed by atoms with E-state index in [1.165, 1.54) is 23.8 Å². The minimum Gasteiger partial charge on any atom is -0.207 e. The smallest absolute Gasteiger partial charge is 0.129 e. The minimum absolute atomic E-state index is 0.0238. The Morgan fingerprint density at radius 2 is 1.55 bits per heavy atom. The fraction of sp³-hybridized carbons (Fsp3) is 0.294. The van der Waals surface area contributed by atoms with Crippen LogP contribution in [-0.4, -0.2) is 4.83 Å². The van der Waals surface area contributed by atoms with Gasteiger partial charge in [0.05, 0.1) is 0 Å². The number of rotatable bonds is 4. The van der Waals surface area contributed by atoms with Crippen LogP contribution >= 0.6 is 15.9 Å². The third kappa shape index (κ3) is 2.39.